The zero-order valence-electron chi connectivity index (χ0n) is 9.64. The summed E-state index contributed by atoms with van der Waals surface area (Å²) >= 11 is 3.10. The van der Waals surface area contributed by atoms with Crippen LogP contribution in [0.5, 0.6) is 0 Å². The molecule has 0 aliphatic rings. The van der Waals surface area contributed by atoms with E-state index in [9.17, 15) is 14.5 Å². The molecule has 5 nitrogen and oxygen atoms in total. The Hall–Kier alpha value is -2.02. The first-order chi connectivity index (χ1) is 9.08. The number of nitro groups is 1. The van der Waals surface area contributed by atoms with Crippen LogP contribution in [0.25, 0.3) is 0 Å². The van der Waals surface area contributed by atoms with Crippen LogP contribution in [0.4, 0.5) is 15.9 Å². The van der Waals surface area contributed by atoms with E-state index in [-0.39, 0.29) is 18.1 Å². The molecule has 0 atom stereocenters. The Morgan fingerprint density at radius 2 is 2.16 bits per heavy atom. The highest BCUT2D eigenvalue weighted by Crippen LogP contribution is 2.20. The number of anilines is 1. The summed E-state index contributed by atoms with van der Waals surface area (Å²) in [6.07, 6.45) is 1.45. The molecule has 0 aliphatic carbocycles. The molecule has 0 aliphatic heterocycles. The van der Waals surface area contributed by atoms with Crippen molar-refractivity contribution < 1.29 is 9.31 Å². The van der Waals surface area contributed by atoms with Gasteiger partial charge in [0.15, 0.2) is 11.6 Å². The summed E-state index contributed by atoms with van der Waals surface area (Å²) in [4.78, 5) is 14.2. The van der Waals surface area contributed by atoms with Crippen LogP contribution in [0.15, 0.2) is 41.0 Å². The molecule has 1 aromatic carbocycles. The first-order valence-electron chi connectivity index (χ1n) is 5.35. The summed E-state index contributed by atoms with van der Waals surface area (Å²) in [5.74, 6) is -0.464. The maximum Gasteiger partial charge on any atom is 0.274 e. The average Bonchev–Trinajstić information content (AvgIpc) is 2.38. The maximum atomic E-state index is 13.5. The minimum absolute atomic E-state index is 0.00693. The second-order valence-electron chi connectivity index (χ2n) is 3.72. The number of nitrogens with zero attached hydrogens (tertiary/aromatic N) is 2. The molecule has 0 radical (unpaired) electrons. The fourth-order valence-corrected chi connectivity index (χ4v) is 1.87. The van der Waals surface area contributed by atoms with Gasteiger partial charge in [0.2, 0.25) is 0 Å². The molecule has 98 valence electrons. The lowest BCUT2D eigenvalue weighted by atomic mass is 10.2. The van der Waals surface area contributed by atoms with Crippen LogP contribution >= 0.6 is 15.9 Å². The second kappa shape index (κ2) is 5.75. The third-order valence-electron chi connectivity index (χ3n) is 2.44. The molecule has 1 aromatic heterocycles. The van der Waals surface area contributed by atoms with E-state index in [0.29, 0.717) is 10.0 Å². The highest BCUT2D eigenvalue weighted by Gasteiger charge is 2.12. The van der Waals surface area contributed by atoms with Crippen molar-refractivity contribution in [2.75, 3.05) is 5.32 Å². The number of pyridine rings is 1. The number of hydrogen-bond acceptors (Lipinski definition) is 4. The quantitative estimate of drug-likeness (QED) is 0.690. The van der Waals surface area contributed by atoms with Gasteiger partial charge in [0, 0.05) is 28.8 Å². The van der Waals surface area contributed by atoms with Crippen molar-refractivity contribution in [3.63, 3.8) is 0 Å². The summed E-state index contributed by atoms with van der Waals surface area (Å²) in [6, 6.07) is 7.56. The third kappa shape index (κ3) is 3.25. The number of halogens is 2. The molecule has 1 heterocycles. The van der Waals surface area contributed by atoms with Crippen molar-refractivity contribution in [2.24, 2.45) is 0 Å². The third-order valence-corrected chi connectivity index (χ3v) is 2.88. The number of rotatable bonds is 4. The van der Waals surface area contributed by atoms with E-state index in [2.05, 4.69) is 26.2 Å². The average molecular weight is 326 g/mol. The van der Waals surface area contributed by atoms with Gasteiger partial charge in [-0.1, -0.05) is 18.2 Å². The summed E-state index contributed by atoms with van der Waals surface area (Å²) in [5, 5.41) is 13.6. The molecular formula is C12H9BrFN3O2. The fourth-order valence-electron chi connectivity index (χ4n) is 1.56. The lowest BCUT2D eigenvalue weighted by Crippen LogP contribution is -2.05. The maximum absolute atomic E-state index is 13.5. The van der Waals surface area contributed by atoms with Gasteiger partial charge in [-0.05, 0) is 22.0 Å². The Bertz CT molecular complexity index is 622. The van der Waals surface area contributed by atoms with E-state index in [1.165, 1.54) is 18.3 Å². The Labute approximate surface area is 116 Å². The van der Waals surface area contributed by atoms with E-state index >= 15 is 0 Å². The van der Waals surface area contributed by atoms with Gasteiger partial charge in [0.05, 0.1) is 4.92 Å². The van der Waals surface area contributed by atoms with Crippen molar-refractivity contribution in [2.45, 2.75) is 6.54 Å². The van der Waals surface area contributed by atoms with E-state index in [0.717, 1.165) is 0 Å². The first-order valence-corrected chi connectivity index (χ1v) is 6.14. The molecule has 7 heteroatoms. The standard InChI is InChI=1S/C12H9BrFN3O2/c13-9-5-10(14)12(16-7-9)15-6-8-3-1-2-4-11(8)17(18)19/h1-5,7H,6H2,(H,15,16). The molecule has 2 aromatic rings. The molecule has 0 spiro atoms. The molecule has 0 amide bonds. The minimum Gasteiger partial charge on any atom is -0.363 e. The molecule has 0 fully saturated rings. The zero-order chi connectivity index (χ0) is 13.8. The van der Waals surface area contributed by atoms with Crippen molar-refractivity contribution >= 4 is 27.4 Å². The van der Waals surface area contributed by atoms with Gasteiger partial charge in [-0.15, -0.1) is 0 Å². The van der Waals surface area contributed by atoms with Gasteiger partial charge in [-0.25, -0.2) is 9.37 Å². The molecule has 19 heavy (non-hydrogen) atoms. The predicted octanol–water partition coefficient (Wildman–Crippen LogP) is 3.50. The number of nitro benzene ring substituents is 1. The molecule has 0 bridgehead atoms. The lowest BCUT2D eigenvalue weighted by molar-refractivity contribution is -0.385. The van der Waals surface area contributed by atoms with Gasteiger partial charge in [-0.3, -0.25) is 10.1 Å². The summed E-state index contributed by atoms with van der Waals surface area (Å²) in [6.45, 7) is 0.128. The van der Waals surface area contributed by atoms with Crippen LogP contribution < -0.4 is 5.32 Å². The van der Waals surface area contributed by atoms with Gasteiger partial charge in [-0.2, -0.15) is 0 Å². The van der Waals surface area contributed by atoms with Crippen molar-refractivity contribution in [3.8, 4) is 0 Å². The van der Waals surface area contributed by atoms with Crippen LogP contribution in [0.2, 0.25) is 0 Å². The van der Waals surface area contributed by atoms with E-state index in [1.54, 1.807) is 18.2 Å². The van der Waals surface area contributed by atoms with Crippen LogP contribution in [-0.4, -0.2) is 9.91 Å². The van der Waals surface area contributed by atoms with E-state index in [4.69, 9.17) is 0 Å². The largest absolute Gasteiger partial charge is 0.363 e. The number of para-hydroxylation sites is 1. The minimum atomic E-state index is -0.520. The van der Waals surface area contributed by atoms with Crippen LogP contribution in [0, 0.1) is 15.9 Å². The normalized spacial score (nSPS) is 10.2. The Morgan fingerprint density at radius 1 is 1.42 bits per heavy atom. The Balaban J connectivity index is 2.17. The summed E-state index contributed by atoms with van der Waals surface area (Å²) in [5.41, 5.74) is 0.462. The smallest absolute Gasteiger partial charge is 0.274 e. The van der Waals surface area contributed by atoms with Crippen LogP contribution in [0.3, 0.4) is 0 Å². The van der Waals surface area contributed by atoms with E-state index in [1.807, 2.05) is 0 Å². The van der Waals surface area contributed by atoms with E-state index < -0.39 is 10.7 Å². The Morgan fingerprint density at radius 3 is 2.84 bits per heavy atom. The zero-order valence-corrected chi connectivity index (χ0v) is 11.2. The monoisotopic (exact) mass is 325 g/mol. The van der Waals surface area contributed by atoms with Crippen molar-refractivity contribution in [1.82, 2.24) is 4.98 Å². The highest BCUT2D eigenvalue weighted by molar-refractivity contribution is 9.10. The summed E-state index contributed by atoms with van der Waals surface area (Å²) in [7, 11) is 0. The predicted molar refractivity (Wildman–Crippen MR) is 72.3 cm³/mol. The number of aromatic nitrogens is 1. The van der Waals surface area contributed by atoms with Gasteiger partial charge in [0.1, 0.15) is 0 Å². The SMILES string of the molecule is O=[N+]([O-])c1ccccc1CNc1ncc(Br)cc1F. The fraction of sp³-hybridized carbons (Fsp3) is 0.0833. The molecule has 2 rings (SSSR count). The molecule has 1 N–H and O–H groups in total. The summed E-state index contributed by atoms with van der Waals surface area (Å²) < 4.78 is 14.1. The number of hydrogen-bond donors (Lipinski definition) is 1. The molecular weight excluding hydrogens is 317 g/mol. The second-order valence-corrected chi connectivity index (χ2v) is 4.64. The van der Waals surface area contributed by atoms with Gasteiger partial charge < -0.3 is 5.32 Å². The molecule has 0 saturated heterocycles. The Kier molecular flexibility index (Phi) is 4.06. The topological polar surface area (TPSA) is 68.1 Å². The lowest BCUT2D eigenvalue weighted by Gasteiger charge is -2.07. The highest BCUT2D eigenvalue weighted by atomic mass is 79.9. The molecule has 0 unspecified atom stereocenters. The number of benzene rings is 1. The van der Waals surface area contributed by atoms with Crippen LogP contribution in [-0.2, 0) is 6.54 Å². The molecule has 0 saturated carbocycles. The number of nitrogens with one attached hydrogen (secondary N) is 1. The van der Waals surface area contributed by atoms with Crippen molar-refractivity contribution in [1.29, 1.82) is 0 Å². The van der Waals surface area contributed by atoms with Crippen LogP contribution in [0.1, 0.15) is 5.56 Å². The van der Waals surface area contributed by atoms with Gasteiger partial charge >= 0.3 is 0 Å². The van der Waals surface area contributed by atoms with Gasteiger partial charge in [0.25, 0.3) is 5.69 Å². The first kappa shape index (κ1) is 13.4. The van der Waals surface area contributed by atoms with Crippen molar-refractivity contribution in [3.05, 3.63) is 62.5 Å².